The van der Waals surface area contributed by atoms with Gasteiger partial charge in [0.05, 0.1) is 17.7 Å². The second-order valence-corrected chi connectivity index (χ2v) is 4.17. The van der Waals surface area contributed by atoms with Crippen molar-refractivity contribution in [3.63, 3.8) is 0 Å². The number of halogens is 1. The minimum absolute atomic E-state index is 0. The Morgan fingerprint density at radius 1 is 1.19 bits per heavy atom. The van der Waals surface area contributed by atoms with Gasteiger partial charge in [-0.3, -0.25) is 0 Å². The molecule has 4 heteroatoms. The molecule has 2 aromatic rings. The Balaban J connectivity index is 0.00000128. The first-order valence-corrected chi connectivity index (χ1v) is 5.49. The summed E-state index contributed by atoms with van der Waals surface area (Å²) in [5.74, 6) is 0. The van der Waals surface area contributed by atoms with Gasteiger partial charge < -0.3 is 5.73 Å². The number of hydrogen-bond acceptors (Lipinski definition) is 3. The first kappa shape index (κ1) is 12.7. The lowest BCUT2D eigenvalue weighted by molar-refractivity contribution is 0.889. The molecular weight excluding hydrogens is 240 g/mol. The number of rotatable bonds is 2. The fourth-order valence-corrected chi connectivity index (χ4v) is 2.24. The molecule has 2 rings (SSSR count). The fourth-order valence-electron chi connectivity index (χ4n) is 1.49. The van der Waals surface area contributed by atoms with E-state index in [0.717, 1.165) is 10.4 Å². The van der Waals surface area contributed by atoms with Crippen LogP contribution in [0, 0.1) is 11.3 Å². The zero-order valence-corrected chi connectivity index (χ0v) is 10.1. The Morgan fingerprint density at radius 3 is 2.56 bits per heavy atom. The SMILES string of the molecule is Cl.N#Cc1ccccc1[C@H](N)c1cccs1. The van der Waals surface area contributed by atoms with Crippen LogP contribution < -0.4 is 5.73 Å². The minimum Gasteiger partial charge on any atom is -0.320 e. The van der Waals surface area contributed by atoms with Gasteiger partial charge in [-0.05, 0) is 23.1 Å². The molecule has 0 saturated heterocycles. The molecule has 0 radical (unpaired) electrons. The number of hydrogen-bond donors (Lipinski definition) is 1. The van der Waals surface area contributed by atoms with Gasteiger partial charge in [0.15, 0.2) is 0 Å². The molecule has 0 aliphatic carbocycles. The number of nitrogens with zero attached hydrogens (tertiary/aromatic N) is 1. The van der Waals surface area contributed by atoms with Crippen molar-refractivity contribution >= 4 is 23.7 Å². The summed E-state index contributed by atoms with van der Waals surface area (Å²) in [6.45, 7) is 0. The summed E-state index contributed by atoms with van der Waals surface area (Å²) in [5, 5.41) is 11.0. The molecule has 2 N–H and O–H groups in total. The Hall–Kier alpha value is -1.34. The zero-order chi connectivity index (χ0) is 10.7. The van der Waals surface area contributed by atoms with Crippen molar-refractivity contribution in [1.82, 2.24) is 0 Å². The summed E-state index contributed by atoms with van der Waals surface area (Å²) in [5.41, 5.74) is 7.64. The lowest BCUT2D eigenvalue weighted by Gasteiger charge is -2.11. The van der Waals surface area contributed by atoms with Crippen molar-refractivity contribution in [1.29, 1.82) is 5.26 Å². The molecule has 1 aromatic carbocycles. The van der Waals surface area contributed by atoms with Crippen molar-refractivity contribution in [3.05, 3.63) is 57.8 Å². The van der Waals surface area contributed by atoms with Crippen molar-refractivity contribution < 1.29 is 0 Å². The van der Waals surface area contributed by atoms with Gasteiger partial charge >= 0.3 is 0 Å². The molecule has 1 aromatic heterocycles. The number of benzene rings is 1. The lowest BCUT2D eigenvalue weighted by Crippen LogP contribution is -2.11. The molecule has 1 heterocycles. The van der Waals surface area contributed by atoms with Crippen LogP contribution in [0.15, 0.2) is 41.8 Å². The summed E-state index contributed by atoms with van der Waals surface area (Å²) >= 11 is 1.61. The van der Waals surface area contributed by atoms with Crippen LogP contribution in [0.2, 0.25) is 0 Å². The van der Waals surface area contributed by atoms with Crippen LogP contribution in [0.25, 0.3) is 0 Å². The third-order valence-electron chi connectivity index (χ3n) is 2.27. The average Bonchev–Trinajstić information content (AvgIpc) is 2.81. The Labute approximate surface area is 105 Å². The highest BCUT2D eigenvalue weighted by molar-refractivity contribution is 7.10. The van der Waals surface area contributed by atoms with Gasteiger partial charge in [-0.2, -0.15) is 5.26 Å². The average molecular weight is 251 g/mol. The predicted octanol–water partition coefficient (Wildman–Crippen LogP) is 3.09. The van der Waals surface area contributed by atoms with E-state index in [1.165, 1.54) is 0 Å². The molecule has 0 fully saturated rings. The van der Waals surface area contributed by atoms with E-state index in [0.29, 0.717) is 5.56 Å². The van der Waals surface area contributed by atoms with E-state index in [-0.39, 0.29) is 18.4 Å². The second-order valence-electron chi connectivity index (χ2n) is 3.19. The number of nitriles is 1. The maximum absolute atomic E-state index is 8.96. The molecule has 0 saturated carbocycles. The van der Waals surface area contributed by atoms with Crippen LogP contribution in [0.1, 0.15) is 22.0 Å². The van der Waals surface area contributed by atoms with Gasteiger partial charge in [-0.25, -0.2) is 0 Å². The summed E-state index contributed by atoms with van der Waals surface area (Å²) < 4.78 is 0. The van der Waals surface area contributed by atoms with E-state index in [2.05, 4.69) is 6.07 Å². The third-order valence-corrected chi connectivity index (χ3v) is 3.22. The molecule has 2 nitrogen and oxygen atoms in total. The number of thiophene rings is 1. The van der Waals surface area contributed by atoms with Crippen LogP contribution >= 0.6 is 23.7 Å². The van der Waals surface area contributed by atoms with E-state index < -0.39 is 0 Å². The maximum Gasteiger partial charge on any atom is 0.0995 e. The minimum atomic E-state index is -0.194. The van der Waals surface area contributed by atoms with E-state index in [4.69, 9.17) is 11.0 Å². The summed E-state index contributed by atoms with van der Waals surface area (Å²) in [7, 11) is 0. The predicted molar refractivity (Wildman–Crippen MR) is 68.8 cm³/mol. The van der Waals surface area contributed by atoms with Gasteiger partial charge in [0.25, 0.3) is 0 Å². The van der Waals surface area contributed by atoms with Gasteiger partial charge in [-0.15, -0.1) is 23.7 Å². The molecule has 82 valence electrons. The van der Waals surface area contributed by atoms with Crippen LogP contribution in [-0.4, -0.2) is 0 Å². The van der Waals surface area contributed by atoms with Crippen molar-refractivity contribution in [2.75, 3.05) is 0 Å². The zero-order valence-electron chi connectivity index (χ0n) is 8.46. The van der Waals surface area contributed by atoms with Gasteiger partial charge in [0.2, 0.25) is 0 Å². The highest BCUT2D eigenvalue weighted by Crippen LogP contribution is 2.25. The van der Waals surface area contributed by atoms with Gasteiger partial charge in [-0.1, -0.05) is 24.3 Å². The normalized spacial score (nSPS) is 11.2. The van der Waals surface area contributed by atoms with E-state index in [9.17, 15) is 0 Å². The van der Waals surface area contributed by atoms with Crippen LogP contribution in [-0.2, 0) is 0 Å². The Bertz CT molecular complexity index is 488. The summed E-state index contributed by atoms with van der Waals surface area (Å²) in [4.78, 5) is 1.08. The molecule has 0 aliphatic rings. The lowest BCUT2D eigenvalue weighted by atomic mass is 10.0. The third kappa shape index (κ3) is 2.42. The molecular formula is C12H11ClN2S. The highest BCUT2D eigenvalue weighted by Gasteiger charge is 2.12. The summed E-state index contributed by atoms with van der Waals surface area (Å²) in [6, 6.07) is 13.4. The molecule has 0 unspecified atom stereocenters. The molecule has 1 atom stereocenters. The van der Waals surface area contributed by atoms with E-state index >= 15 is 0 Å². The largest absolute Gasteiger partial charge is 0.320 e. The van der Waals surface area contributed by atoms with Crippen molar-refractivity contribution in [2.45, 2.75) is 6.04 Å². The van der Waals surface area contributed by atoms with E-state index in [1.54, 1.807) is 17.4 Å². The van der Waals surface area contributed by atoms with Crippen LogP contribution in [0.3, 0.4) is 0 Å². The molecule has 0 bridgehead atoms. The summed E-state index contributed by atoms with van der Waals surface area (Å²) in [6.07, 6.45) is 0. The smallest absolute Gasteiger partial charge is 0.0995 e. The molecule has 0 amide bonds. The highest BCUT2D eigenvalue weighted by atomic mass is 35.5. The van der Waals surface area contributed by atoms with Crippen LogP contribution in [0.5, 0.6) is 0 Å². The molecule has 16 heavy (non-hydrogen) atoms. The second kappa shape index (κ2) is 5.66. The Kier molecular flexibility index (Phi) is 4.51. The van der Waals surface area contributed by atoms with E-state index in [1.807, 2.05) is 35.7 Å². The quantitative estimate of drug-likeness (QED) is 0.891. The van der Waals surface area contributed by atoms with Crippen LogP contribution in [0.4, 0.5) is 0 Å². The first-order valence-electron chi connectivity index (χ1n) is 4.61. The van der Waals surface area contributed by atoms with Gasteiger partial charge in [0, 0.05) is 4.88 Å². The maximum atomic E-state index is 8.96. The van der Waals surface area contributed by atoms with Crippen molar-refractivity contribution in [2.24, 2.45) is 5.73 Å². The van der Waals surface area contributed by atoms with Crippen molar-refractivity contribution in [3.8, 4) is 6.07 Å². The topological polar surface area (TPSA) is 49.8 Å². The first-order chi connectivity index (χ1) is 7.33. The molecule has 0 aliphatic heterocycles. The fraction of sp³-hybridized carbons (Fsp3) is 0.0833. The monoisotopic (exact) mass is 250 g/mol. The molecule has 0 spiro atoms. The Morgan fingerprint density at radius 2 is 1.94 bits per heavy atom. The standard InChI is InChI=1S/C12H10N2S.ClH/c13-8-9-4-1-2-5-10(9)12(14)11-6-3-7-15-11;/h1-7,12H,14H2;1H/t12-;/m0./s1. The number of nitrogens with two attached hydrogens (primary N) is 1. The van der Waals surface area contributed by atoms with Gasteiger partial charge in [0.1, 0.15) is 0 Å².